The molecule has 166 valence electrons. The first-order valence-electron chi connectivity index (χ1n) is 10.5. The van der Waals surface area contributed by atoms with Gasteiger partial charge in [0.25, 0.3) is 0 Å². The van der Waals surface area contributed by atoms with E-state index in [2.05, 4.69) is 5.32 Å². The van der Waals surface area contributed by atoms with Crippen molar-refractivity contribution in [3.63, 3.8) is 0 Å². The van der Waals surface area contributed by atoms with Gasteiger partial charge in [-0.3, -0.25) is 9.59 Å². The zero-order valence-corrected chi connectivity index (χ0v) is 19.6. The topological polar surface area (TPSA) is 49.4 Å². The Morgan fingerprint density at radius 2 is 1.50 bits per heavy atom. The summed E-state index contributed by atoms with van der Waals surface area (Å²) in [5.41, 5.74) is 2.97. The maximum Gasteiger partial charge on any atom is 0.242 e. The maximum absolute atomic E-state index is 13.4. The van der Waals surface area contributed by atoms with E-state index in [1.807, 2.05) is 78.9 Å². The van der Waals surface area contributed by atoms with Gasteiger partial charge in [0.2, 0.25) is 11.8 Å². The second kappa shape index (κ2) is 12.3. The molecule has 0 unspecified atom stereocenters. The molecule has 0 bridgehead atoms. The molecule has 0 aromatic heterocycles. The van der Waals surface area contributed by atoms with Crippen molar-refractivity contribution < 1.29 is 9.59 Å². The Kier molecular flexibility index (Phi) is 9.20. The second-order valence-corrected chi connectivity index (χ2v) is 8.80. The molecule has 3 rings (SSSR count). The van der Waals surface area contributed by atoms with E-state index >= 15 is 0 Å². The zero-order valence-electron chi connectivity index (χ0n) is 18.0. The molecule has 1 N–H and O–H groups in total. The number of hydrogen-bond donors (Lipinski definition) is 1. The predicted octanol–water partition coefficient (Wildman–Crippen LogP) is 4.96. The summed E-state index contributed by atoms with van der Waals surface area (Å²) in [4.78, 5) is 27.9. The second-order valence-electron chi connectivity index (χ2n) is 7.41. The normalized spacial score (nSPS) is 11.6. The van der Waals surface area contributed by atoms with Crippen molar-refractivity contribution in [3.05, 3.63) is 107 Å². The Bertz CT molecular complexity index is 1010. The van der Waals surface area contributed by atoms with Crippen LogP contribution in [0, 0.1) is 0 Å². The Morgan fingerprint density at radius 1 is 0.906 bits per heavy atom. The van der Waals surface area contributed by atoms with Gasteiger partial charge in [-0.25, -0.2) is 0 Å². The maximum atomic E-state index is 13.4. The van der Waals surface area contributed by atoms with E-state index in [4.69, 9.17) is 11.6 Å². The van der Waals surface area contributed by atoms with E-state index in [0.717, 1.165) is 22.4 Å². The van der Waals surface area contributed by atoms with Crippen LogP contribution in [-0.2, 0) is 28.3 Å². The van der Waals surface area contributed by atoms with Crippen molar-refractivity contribution in [2.75, 3.05) is 12.8 Å². The van der Waals surface area contributed by atoms with Crippen LogP contribution in [0.3, 0.4) is 0 Å². The van der Waals surface area contributed by atoms with E-state index in [9.17, 15) is 9.59 Å². The van der Waals surface area contributed by atoms with Crippen molar-refractivity contribution in [2.24, 2.45) is 0 Å². The molecule has 0 fully saturated rings. The van der Waals surface area contributed by atoms with Crippen LogP contribution in [0.25, 0.3) is 0 Å². The monoisotopic (exact) mass is 466 g/mol. The summed E-state index contributed by atoms with van der Waals surface area (Å²) in [7, 11) is 1.60. The molecular weight excluding hydrogens is 440 g/mol. The van der Waals surface area contributed by atoms with Crippen molar-refractivity contribution in [3.8, 4) is 0 Å². The summed E-state index contributed by atoms with van der Waals surface area (Å²) in [6.07, 6.45) is 0.431. The Morgan fingerprint density at radius 3 is 2.12 bits per heavy atom. The van der Waals surface area contributed by atoms with Gasteiger partial charge in [-0.15, -0.1) is 11.8 Å². The van der Waals surface area contributed by atoms with Gasteiger partial charge in [-0.1, -0.05) is 90.5 Å². The van der Waals surface area contributed by atoms with Gasteiger partial charge in [0.05, 0.1) is 5.75 Å². The van der Waals surface area contributed by atoms with E-state index in [-0.39, 0.29) is 24.1 Å². The van der Waals surface area contributed by atoms with Crippen LogP contribution in [0.5, 0.6) is 0 Å². The van der Waals surface area contributed by atoms with Gasteiger partial charge in [0, 0.05) is 30.8 Å². The quantitative estimate of drug-likeness (QED) is 0.459. The molecule has 32 heavy (non-hydrogen) atoms. The summed E-state index contributed by atoms with van der Waals surface area (Å²) in [5, 5.41) is 3.31. The van der Waals surface area contributed by atoms with E-state index in [1.165, 1.54) is 0 Å². The molecule has 3 aromatic carbocycles. The van der Waals surface area contributed by atoms with E-state index in [1.54, 1.807) is 29.8 Å². The summed E-state index contributed by atoms with van der Waals surface area (Å²) < 4.78 is 0. The first-order chi connectivity index (χ1) is 15.6. The molecule has 2 amide bonds. The summed E-state index contributed by atoms with van der Waals surface area (Å²) >= 11 is 7.94. The number of nitrogens with zero attached hydrogens (tertiary/aromatic N) is 1. The van der Waals surface area contributed by atoms with Crippen LogP contribution in [0.4, 0.5) is 0 Å². The Hall–Kier alpha value is -2.76. The van der Waals surface area contributed by atoms with Crippen LogP contribution in [0.15, 0.2) is 84.9 Å². The number of nitrogens with one attached hydrogen (secondary N) is 1. The van der Waals surface area contributed by atoms with Crippen LogP contribution in [0.1, 0.15) is 16.7 Å². The highest BCUT2D eigenvalue weighted by Gasteiger charge is 2.30. The van der Waals surface area contributed by atoms with Gasteiger partial charge in [0.1, 0.15) is 6.04 Å². The van der Waals surface area contributed by atoms with Crippen LogP contribution in [-0.4, -0.2) is 35.6 Å². The van der Waals surface area contributed by atoms with Crippen LogP contribution < -0.4 is 5.32 Å². The lowest BCUT2D eigenvalue weighted by Crippen LogP contribution is -2.50. The Labute approximate surface area is 199 Å². The molecule has 0 heterocycles. The van der Waals surface area contributed by atoms with Crippen LogP contribution in [0.2, 0.25) is 5.02 Å². The average molecular weight is 467 g/mol. The van der Waals surface area contributed by atoms with E-state index in [0.29, 0.717) is 11.4 Å². The summed E-state index contributed by atoms with van der Waals surface area (Å²) in [6.45, 7) is 0.273. The summed E-state index contributed by atoms with van der Waals surface area (Å²) in [5.74, 6) is 0.731. The molecule has 0 radical (unpaired) electrons. The highest BCUT2D eigenvalue weighted by atomic mass is 35.5. The van der Waals surface area contributed by atoms with Crippen LogP contribution >= 0.6 is 23.4 Å². The zero-order chi connectivity index (χ0) is 22.8. The third kappa shape index (κ3) is 6.87. The largest absolute Gasteiger partial charge is 0.357 e. The lowest BCUT2D eigenvalue weighted by Gasteiger charge is -2.31. The smallest absolute Gasteiger partial charge is 0.242 e. The molecule has 3 aromatic rings. The average Bonchev–Trinajstić information content (AvgIpc) is 2.83. The number of likely N-dealkylation sites (N-methyl/N-ethyl adjacent to an activating group) is 1. The van der Waals surface area contributed by atoms with Crippen molar-refractivity contribution in [1.82, 2.24) is 10.2 Å². The minimum absolute atomic E-state index is 0.0876. The van der Waals surface area contributed by atoms with Gasteiger partial charge >= 0.3 is 0 Å². The lowest BCUT2D eigenvalue weighted by molar-refractivity contribution is -0.139. The molecule has 0 saturated carbocycles. The highest BCUT2D eigenvalue weighted by Crippen LogP contribution is 2.22. The fourth-order valence-electron chi connectivity index (χ4n) is 3.44. The summed E-state index contributed by atoms with van der Waals surface area (Å²) in [6, 6.07) is 26.6. The number of hydrogen-bond acceptors (Lipinski definition) is 3. The number of halogens is 1. The highest BCUT2D eigenvalue weighted by molar-refractivity contribution is 7.99. The third-order valence-corrected chi connectivity index (χ3v) is 6.51. The first kappa shape index (κ1) is 23.9. The van der Waals surface area contributed by atoms with Crippen molar-refractivity contribution in [1.29, 1.82) is 0 Å². The molecule has 1 atom stereocenters. The van der Waals surface area contributed by atoms with Gasteiger partial charge < -0.3 is 10.2 Å². The molecule has 0 saturated heterocycles. The molecule has 0 aliphatic rings. The SMILES string of the molecule is CNC(=O)[C@@H](Cc1ccccc1)N(Cc1ccccc1Cl)C(=O)CSCc1ccccc1. The molecular formula is C26H27ClN2O2S. The molecule has 0 spiro atoms. The third-order valence-electron chi connectivity index (χ3n) is 5.15. The van der Waals surface area contributed by atoms with Crippen molar-refractivity contribution >= 4 is 35.2 Å². The van der Waals surface area contributed by atoms with E-state index < -0.39 is 6.04 Å². The lowest BCUT2D eigenvalue weighted by atomic mass is 10.0. The molecule has 0 aliphatic heterocycles. The first-order valence-corrected chi connectivity index (χ1v) is 12.0. The Balaban J connectivity index is 1.82. The number of thioether (sulfide) groups is 1. The van der Waals surface area contributed by atoms with Gasteiger partial charge in [-0.2, -0.15) is 0 Å². The fraction of sp³-hybridized carbons (Fsp3) is 0.231. The minimum atomic E-state index is -0.636. The fourth-order valence-corrected chi connectivity index (χ4v) is 4.51. The molecule has 4 nitrogen and oxygen atoms in total. The number of rotatable bonds is 10. The minimum Gasteiger partial charge on any atom is -0.357 e. The number of carbonyl (C=O) groups is 2. The number of benzene rings is 3. The van der Waals surface area contributed by atoms with Gasteiger partial charge in [-0.05, 0) is 22.8 Å². The number of carbonyl (C=O) groups excluding carboxylic acids is 2. The molecule has 6 heteroatoms. The predicted molar refractivity (Wildman–Crippen MR) is 133 cm³/mol. The number of amides is 2. The van der Waals surface area contributed by atoms with Crippen molar-refractivity contribution in [2.45, 2.75) is 24.8 Å². The van der Waals surface area contributed by atoms with Gasteiger partial charge in [0.15, 0.2) is 0 Å². The standard InChI is InChI=1S/C26H27ClN2O2S/c1-28-26(31)24(16-20-10-4-2-5-11-20)29(17-22-14-8-9-15-23(22)27)25(30)19-32-18-21-12-6-3-7-13-21/h2-15,24H,16-19H2,1H3,(H,28,31)/t24-/m1/s1. The molecule has 0 aliphatic carbocycles.